The predicted molar refractivity (Wildman–Crippen MR) is 71.9 cm³/mol. The molecule has 4 heteroatoms. The van der Waals surface area contributed by atoms with Gasteiger partial charge in [0.25, 0.3) is 0 Å². The molecular weight excluding hydrogens is 206 g/mol. The number of nitrogens with one attached hydrogen (secondary N) is 3. The second kappa shape index (κ2) is 6.74. The Morgan fingerprint density at radius 1 is 1.07 bits per heavy atom. The topological polar surface area (TPSA) is 36.1 Å². The number of hydrogen-bond acceptors (Lipinski definition) is 4. The SMILES string of the molecule is CCNC(C)(CS)CNC(C)(C)CNC. The fourth-order valence-electron chi connectivity index (χ4n) is 1.54. The standard InChI is InChI=1S/C11H27N3S/c1-6-13-11(4,9-15)8-14-10(2,3)7-12-5/h12-15H,6-9H2,1-5H3. The molecule has 0 fully saturated rings. The monoisotopic (exact) mass is 233 g/mol. The Kier molecular flexibility index (Phi) is 6.84. The summed E-state index contributed by atoms with van der Waals surface area (Å²) in [5, 5.41) is 10.2. The molecular formula is C11H27N3S. The van der Waals surface area contributed by atoms with Crippen molar-refractivity contribution in [1.82, 2.24) is 16.0 Å². The van der Waals surface area contributed by atoms with Crippen molar-refractivity contribution in [1.29, 1.82) is 0 Å². The van der Waals surface area contributed by atoms with Gasteiger partial charge in [-0.25, -0.2) is 0 Å². The van der Waals surface area contributed by atoms with E-state index in [0.717, 1.165) is 25.4 Å². The molecule has 0 aliphatic rings. The molecule has 0 aliphatic heterocycles. The Morgan fingerprint density at radius 3 is 2.07 bits per heavy atom. The Labute approximate surface area is 100 Å². The summed E-state index contributed by atoms with van der Waals surface area (Å²) in [5.74, 6) is 0.837. The van der Waals surface area contributed by atoms with E-state index in [9.17, 15) is 0 Å². The number of hydrogen-bond donors (Lipinski definition) is 4. The van der Waals surface area contributed by atoms with Gasteiger partial charge in [0.1, 0.15) is 0 Å². The molecule has 1 atom stereocenters. The third kappa shape index (κ3) is 6.40. The quantitative estimate of drug-likeness (QED) is 0.470. The zero-order valence-corrected chi connectivity index (χ0v) is 11.7. The molecule has 1 unspecified atom stereocenters. The predicted octanol–water partition coefficient (Wildman–Crippen LogP) is 0.872. The molecule has 0 aliphatic carbocycles. The van der Waals surface area contributed by atoms with Gasteiger partial charge in [-0.05, 0) is 34.4 Å². The van der Waals surface area contributed by atoms with Gasteiger partial charge < -0.3 is 16.0 Å². The molecule has 3 nitrogen and oxygen atoms in total. The highest BCUT2D eigenvalue weighted by atomic mass is 32.1. The van der Waals surface area contributed by atoms with Crippen LogP contribution in [0.25, 0.3) is 0 Å². The fraction of sp³-hybridized carbons (Fsp3) is 1.00. The van der Waals surface area contributed by atoms with Crippen molar-refractivity contribution >= 4 is 12.6 Å². The van der Waals surface area contributed by atoms with Crippen molar-refractivity contribution in [3.05, 3.63) is 0 Å². The molecule has 0 aromatic carbocycles. The lowest BCUT2D eigenvalue weighted by atomic mass is 10.0. The third-order valence-electron chi connectivity index (χ3n) is 2.53. The molecule has 3 N–H and O–H groups in total. The first-order valence-electron chi connectivity index (χ1n) is 5.64. The zero-order chi connectivity index (χ0) is 11.9. The van der Waals surface area contributed by atoms with E-state index in [1.807, 2.05) is 7.05 Å². The summed E-state index contributed by atoms with van der Waals surface area (Å²) in [6, 6.07) is 0. The first-order chi connectivity index (χ1) is 6.89. The van der Waals surface area contributed by atoms with E-state index in [-0.39, 0.29) is 11.1 Å². The average molecular weight is 233 g/mol. The van der Waals surface area contributed by atoms with Crippen LogP contribution < -0.4 is 16.0 Å². The summed E-state index contributed by atoms with van der Waals surface area (Å²) < 4.78 is 0. The number of rotatable bonds is 8. The van der Waals surface area contributed by atoms with E-state index in [4.69, 9.17) is 0 Å². The summed E-state index contributed by atoms with van der Waals surface area (Å²) in [7, 11) is 1.98. The van der Waals surface area contributed by atoms with Crippen LogP contribution in [0.1, 0.15) is 27.7 Å². The van der Waals surface area contributed by atoms with E-state index in [2.05, 4.69) is 56.3 Å². The second-order valence-electron chi connectivity index (χ2n) is 5.02. The minimum atomic E-state index is 0.0723. The van der Waals surface area contributed by atoms with Crippen LogP contribution in [0.5, 0.6) is 0 Å². The minimum absolute atomic E-state index is 0.0723. The Morgan fingerprint density at radius 2 is 1.67 bits per heavy atom. The van der Waals surface area contributed by atoms with E-state index in [1.165, 1.54) is 0 Å². The summed E-state index contributed by atoms with van der Waals surface area (Å²) in [6.45, 7) is 11.6. The Balaban J connectivity index is 4.09. The Hall–Kier alpha value is 0.230. The van der Waals surface area contributed by atoms with Crippen molar-refractivity contribution in [3.8, 4) is 0 Å². The maximum atomic E-state index is 4.40. The van der Waals surface area contributed by atoms with Crippen molar-refractivity contribution in [3.63, 3.8) is 0 Å². The molecule has 0 heterocycles. The molecule has 0 saturated carbocycles. The molecule has 0 rings (SSSR count). The highest BCUT2D eigenvalue weighted by Gasteiger charge is 2.24. The normalized spacial score (nSPS) is 16.4. The van der Waals surface area contributed by atoms with Crippen LogP contribution in [0.4, 0.5) is 0 Å². The first-order valence-corrected chi connectivity index (χ1v) is 6.28. The zero-order valence-electron chi connectivity index (χ0n) is 10.8. The maximum absolute atomic E-state index is 4.40. The highest BCUT2D eigenvalue weighted by Crippen LogP contribution is 2.08. The number of thiol groups is 1. The lowest BCUT2D eigenvalue weighted by Gasteiger charge is -2.35. The van der Waals surface area contributed by atoms with Gasteiger partial charge in [0.2, 0.25) is 0 Å². The van der Waals surface area contributed by atoms with Crippen LogP contribution in [0.2, 0.25) is 0 Å². The van der Waals surface area contributed by atoms with Crippen LogP contribution in [0, 0.1) is 0 Å². The van der Waals surface area contributed by atoms with Gasteiger partial charge in [-0.15, -0.1) is 0 Å². The van der Waals surface area contributed by atoms with Gasteiger partial charge in [0.15, 0.2) is 0 Å². The first kappa shape index (κ1) is 15.2. The van der Waals surface area contributed by atoms with Gasteiger partial charge in [-0.1, -0.05) is 6.92 Å². The molecule has 0 aromatic rings. The maximum Gasteiger partial charge on any atom is 0.0366 e. The molecule has 0 saturated heterocycles. The molecule has 15 heavy (non-hydrogen) atoms. The lowest BCUT2D eigenvalue weighted by molar-refractivity contribution is 0.304. The van der Waals surface area contributed by atoms with Gasteiger partial charge >= 0.3 is 0 Å². The third-order valence-corrected chi connectivity index (χ3v) is 3.23. The van der Waals surface area contributed by atoms with E-state index in [0.29, 0.717) is 0 Å². The molecule has 92 valence electrons. The summed E-state index contributed by atoms with van der Waals surface area (Å²) in [4.78, 5) is 0. The number of likely N-dealkylation sites (N-methyl/N-ethyl adjacent to an activating group) is 2. The van der Waals surface area contributed by atoms with E-state index >= 15 is 0 Å². The van der Waals surface area contributed by atoms with Crippen molar-refractivity contribution < 1.29 is 0 Å². The summed E-state index contributed by atoms with van der Waals surface area (Å²) in [6.07, 6.45) is 0. The van der Waals surface area contributed by atoms with E-state index in [1.54, 1.807) is 0 Å². The van der Waals surface area contributed by atoms with Crippen molar-refractivity contribution in [2.24, 2.45) is 0 Å². The van der Waals surface area contributed by atoms with Crippen LogP contribution in [0.15, 0.2) is 0 Å². The fourth-order valence-corrected chi connectivity index (χ4v) is 1.76. The second-order valence-corrected chi connectivity index (χ2v) is 5.33. The lowest BCUT2D eigenvalue weighted by Crippen LogP contribution is -2.58. The summed E-state index contributed by atoms with van der Waals surface area (Å²) >= 11 is 4.40. The van der Waals surface area contributed by atoms with Gasteiger partial charge in [-0.2, -0.15) is 12.6 Å². The van der Waals surface area contributed by atoms with Gasteiger partial charge in [-0.3, -0.25) is 0 Å². The largest absolute Gasteiger partial charge is 0.318 e. The molecule has 0 radical (unpaired) electrons. The smallest absolute Gasteiger partial charge is 0.0366 e. The van der Waals surface area contributed by atoms with E-state index < -0.39 is 0 Å². The minimum Gasteiger partial charge on any atom is -0.318 e. The average Bonchev–Trinajstić information content (AvgIpc) is 2.16. The molecule has 0 amide bonds. The van der Waals surface area contributed by atoms with Crippen molar-refractivity contribution in [2.75, 3.05) is 32.4 Å². The molecule has 0 bridgehead atoms. The van der Waals surface area contributed by atoms with Crippen LogP contribution >= 0.6 is 12.6 Å². The molecule has 0 spiro atoms. The van der Waals surface area contributed by atoms with Gasteiger partial charge in [0, 0.05) is 29.9 Å². The van der Waals surface area contributed by atoms with Crippen LogP contribution in [-0.2, 0) is 0 Å². The van der Waals surface area contributed by atoms with Gasteiger partial charge in [0.05, 0.1) is 0 Å². The molecule has 0 aromatic heterocycles. The van der Waals surface area contributed by atoms with Crippen LogP contribution in [0.3, 0.4) is 0 Å². The Bertz CT molecular complexity index is 173. The van der Waals surface area contributed by atoms with Crippen molar-refractivity contribution in [2.45, 2.75) is 38.8 Å². The summed E-state index contributed by atoms with van der Waals surface area (Å²) in [5.41, 5.74) is 0.192. The van der Waals surface area contributed by atoms with Crippen LogP contribution in [-0.4, -0.2) is 43.5 Å². The highest BCUT2D eigenvalue weighted by molar-refractivity contribution is 7.80.